The minimum atomic E-state index is -0.0972. The average molecular weight is 349 g/mol. The lowest BCUT2D eigenvalue weighted by atomic mass is 9.99. The maximum Gasteiger partial charge on any atom is 0.257 e. The second-order valence-corrected chi connectivity index (χ2v) is 6.41. The smallest absolute Gasteiger partial charge is 0.257 e. The fourth-order valence-corrected chi connectivity index (χ4v) is 3.55. The molecule has 1 aromatic heterocycles. The van der Waals surface area contributed by atoms with Gasteiger partial charge in [-0.2, -0.15) is 0 Å². The number of amides is 1. The van der Waals surface area contributed by atoms with E-state index in [1.807, 2.05) is 4.68 Å². The van der Waals surface area contributed by atoms with Gasteiger partial charge >= 0.3 is 0 Å². The molecule has 1 fully saturated rings. The summed E-state index contributed by atoms with van der Waals surface area (Å²) >= 11 is 6.05. The molecule has 0 saturated carbocycles. The van der Waals surface area contributed by atoms with Crippen LogP contribution in [0.5, 0.6) is 5.75 Å². The Morgan fingerprint density at radius 2 is 2.33 bits per heavy atom. The number of ether oxygens (including phenoxy) is 2. The largest absolute Gasteiger partial charge is 0.496 e. The van der Waals surface area contributed by atoms with Crippen molar-refractivity contribution in [3.05, 3.63) is 40.7 Å². The van der Waals surface area contributed by atoms with Gasteiger partial charge in [-0.15, -0.1) is 5.10 Å². The third kappa shape index (κ3) is 2.53. The van der Waals surface area contributed by atoms with E-state index in [2.05, 4.69) is 10.3 Å². The van der Waals surface area contributed by atoms with Crippen LogP contribution in [0.1, 0.15) is 28.5 Å². The molecule has 2 aliphatic heterocycles. The predicted octanol–water partition coefficient (Wildman–Crippen LogP) is 1.93. The molecule has 0 spiro atoms. The van der Waals surface area contributed by atoms with Gasteiger partial charge < -0.3 is 14.4 Å². The molecule has 2 atom stereocenters. The fraction of sp³-hybridized carbons (Fsp3) is 0.438. The topological polar surface area (TPSA) is 69.5 Å². The molecular formula is C16H17ClN4O3. The second kappa shape index (κ2) is 6.07. The van der Waals surface area contributed by atoms with E-state index in [-0.39, 0.29) is 18.1 Å². The number of fused-ring (bicyclic) bond motifs is 3. The Bertz CT molecular complexity index is 778. The van der Waals surface area contributed by atoms with Crippen LogP contribution >= 0.6 is 11.6 Å². The Morgan fingerprint density at radius 3 is 3.17 bits per heavy atom. The van der Waals surface area contributed by atoms with E-state index < -0.39 is 0 Å². The summed E-state index contributed by atoms with van der Waals surface area (Å²) in [6, 6.07) is 5.05. The van der Waals surface area contributed by atoms with Crippen LogP contribution in [0.4, 0.5) is 0 Å². The number of aromatic nitrogens is 3. The molecule has 8 heteroatoms. The van der Waals surface area contributed by atoms with Gasteiger partial charge in [0.05, 0.1) is 43.3 Å². The second-order valence-electron chi connectivity index (χ2n) is 5.97. The van der Waals surface area contributed by atoms with Crippen LogP contribution in [0.15, 0.2) is 24.4 Å². The van der Waals surface area contributed by atoms with Gasteiger partial charge in [0, 0.05) is 18.1 Å². The molecule has 1 aromatic carbocycles. The molecule has 0 radical (unpaired) electrons. The Morgan fingerprint density at radius 1 is 1.46 bits per heavy atom. The zero-order valence-electron chi connectivity index (χ0n) is 13.2. The van der Waals surface area contributed by atoms with E-state index in [9.17, 15) is 4.79 Å². The fourth-order valence-electron chi connectivity index (χ4n) is 3.38. The first-order chi connectivity index (χ1) is 11.7. The quantitative estimate of drug-likeness (QED) is 0.829. The summed E-state index contributed by atoms with van der Waals surface area (Å²) in [7, 11) is 1.54. The van der Waals surface area contributed by atoms with Crippen LogP contribution in [0, 0.1) is 0 Å². The van der Waals surface area contributed by atoms with E-state index in [1.54, 1.807) is 36.4 Å². The molecule has 0 unspecified atom stereocenters. The highest BCUT2D eigenvalue weighted by Gasteiger charge is 2.38. The van der Waals surface area contributed by atoms with E-state index in [1.165, 1.54) is 0 Å². The van der Waals surface area contributed by atoms with Crippen molar-refractivity contribution in [2.24, 2.45) is 0 Å². The number of nitrogens with zero attached hydrogens (tertiary/aromatic N) is 4. The molecule has 1 saturated heterocycles. The van der Waals surface area contributed by atoms with Gasteiger partial charge in [-0.1, -0.05) is 16.8 Å². The molecule has 0 N–H and O–H groups in total. The first kappa shape index (κ1) is 15.4. The summed E-state index contributed by atoms with van der Waals surface area (Å²) in [6.07, 6.45) is 2.53. The Kier molecular flexibility index (Phi) is 3.90. The number of piperidine rings is 1. The zero-order valence-corrected chi connectivity index (χ0v) is 13.9. The van der Waals surface area contributed by atoms with E-state index in [4.69, 9.17) is 21.1 Å². The van der Waals surface area contributed by atoms with Gasteiger partial charge in [0.15, 0.2) is 0 Å². The van der Waals surface area contributed by atoms with Crippen LogP contribution in [0.2, 0.25) is 5.02 Å². The van der Waals surface area contributed by atoms with E-state index >= 15 is 0 Å². The van der Waals surface area contributed by atoms with Gasteiger partial charge in [-0.3, -0.25) is 4.79 Å². The molecule has 0 aliphatic carbocycles. The lowest BCUT2D eigenvalue weighted by molar-refractivity contribution is -0.0605. The van der Waals surface area contributed by atoms with E-state index in [0.29, 0.717) is 36.0 Å². The molecule has 24 heavy (non-hydrogen) atoms. The monoisotopic (exact) mass is 348 g/mol. The molecular weight excluding hydrogens is 332 g/mol. The highest BCUT2D eigenvalue weighted by molar-refractivity contribution is 6.31. The molecule has 7 nitrogen and oxygen atoms in total. The van der Waals surface area contributed by atoms with Crippen molar-refractivity contribution >= 4 is 17.5 Å². The number of rotatable bonds is 2. The number of methoxy groups -OCH3 is 1. The van der Waals surface area contributed by atoms with Crippen LogP contribution in [-0.4, -0.2) is 52.1 Å². The number of carbonyl (C=O) groups excluding carboxylic acids is 1. The third-order valence-corrected chi connectivity index (χ3v) is 4.84. The van der Waals surface area contributed by atoms with Crippen molar-refractivity contribution < 1.29 is 14.3 Å². The molecule has 4 rings (SSSR count). The summed E-state index contributed by atoms with van der Waals surface area (Å²) in [5.74, 6) is 0.424. The maximum atomic E-state index is 13.0. The summed E-state index contributed by atoms with van der Waals surface area (Å²) in [4.78, 5) is 14.8. The van der Waals surface area contributed by atoms with Crippen molar-refractivity contribution in [1.29, 1.82) is 0 Å². The molecule has 1 amide bonds. The number of hydrogen-bond donors (Lipinski definition) is 0. The van der Waals surface area contributed by atoms with Crippen LogP contribution in [0.3, 0.4) is 0 Å². The zero-order chi connectivity index (χ0) is 16.7. The number of hydrogen-bond acceptors (Lipinski definition) is 5. The Balaban J connectivity index is 1.61. The summed E-state index contributed by atoms with van der Waals surface area (Å²) in [5.41, 5.74) is 1.41. The molecule has 0 bridgehead atoms. The van der Waals surface area contributed by atoms with Crippen molar-refractivity contribution in [1.82, 2.24) is 19.9 Å². The predicted molar refractivity (Wildman–Crippen MR) is 86.2 cm³/mol. The van der Waals surface area contributed by atoms with Gasteiger partial charge in [-0.25, -0.2) is 4.68 Å². The summed E-state index contributed by atoms with van der Waals surface area (Å²) in [5, 5.41) is 8.62. The Hall–Kier alpha value is -2.12. The van der Waals surface area contributed by atoms with Crippen molar-refractivity contribution in [2.45, 2.75) is 25.2 Å². The van der Waals surface area contributed by atoms with Crippen LogP contribution in [-0.2, 0) is 11.3 Å². The van der Waals surface area contributed by atoms with Crippen LogP contribution < -0.4 is 4.74 Å². The molecule has 2 aliphatic rings. The average Bonchev–Trinajstić information content (AvgIpc) is 3.10. The highest BCUT2D eigenvalue weighted by Crippen LogP contribution is 2.32. The van der Waals surface area contributed by atoms with Crippen molar-refractivity contribution in [3.8, 4) is 5.75 Å². The van der Waals surface area contributed by atoms with E-state index in [0.717, 1.165) is 12.1 Å². The Labute approximate surface area is 144 Å². The van der Waals surface area contributed by atoms with Gasteiger partial charge in [0.1, 0.15) is 5.75 Å². The number of likely N-dealkylation sites (tertiary alicyclic amines) is 1. The van der Waals surface area contributed by atoms with Gasteiger partial charge in [0.25, 0.3) is 5.91 Å². The lowest BCUT2D eigenvalue weighted by Crippen LogP contribution is -2.50. The number of benzene rings is 1. The molecule has 3 heterocycles. The van der Waals surface area contributed by atoms with Crippen LogP contribution in [0.25, 0.3) is 0 Å². The first-order valence-corrected chi connectivity index (χ1v) is 8.18. The number of carbonyl (C=O) groups is 1. The van der Waals surface area contributed by atoms with Crippen molar-refractivity contribution in [2.75, 3.05) is 20.2 Å². The lowest BCUT2D eigenvalue weighted by Gasteiger charge is -2.41. The minimum Gasteiger partial charge on any atom is -0.496 e. The SMILES string of the molecule is COc1ccc(Cl)cc1C(=O)N1CC[C@H]2OCc3cnnn3[C@@H]2C1. The van der Waals surface area contributed by atoms with Crippen molar-refractivity contribution in [3.63, 3.8) is 0 Å². The molecule has 126 valence electrons. The maximum absolute atomic E-state index is 13.0. The van der Waals surface area contributed by atoms with Gasteiger partial charge in [-0.05, 0) is 24.6 Å². The first-order valence-electron chi connectivity index (χ1n) is 7.81. The van der Waals surface area contributed by atoms with Gasteiger partial charge in [0.2, 0.25) is 0 Å². The molecule has 2 aromatic rings. The standard InChI is InChI=1S/C16H17ClN4O3/c1-23-14-3-2-10(17)6-12(14)16(22)20-5-4-15-13(8-20)21-11(9-24-15)7-18-19-21/h2-3,6-7,13,15H,4-5,8-9H2,1H3/t13-,15-/m1/s1. The summed E-state index contributed by atoms with van der Waals surface area (Å²) < 4.78 is 13.1. The minimum absolute atomic E-state index is 0.0147. The summed E-state index contributed by atoms with van der Waals surface area (Å²) in [6.45, 7) is 1.67. The highest BCUT2D eigenvalue weighted by atomic mass is 35.5. The number of halogens is 1. The normalized spacial score (nSPS) is 22.7. The third-order valence-electron chi connectivity index (χ3n) is 4.61.